The number of carbonyl (C=O) groups is 2. The second-order valence-corrected chi connectivity index (χ2v) is 6.75. The molecule has 0 radical (unpaired) electrons. The highest BCUT2D eigenvalue weighted by Gasteiger charge is 2.41. The van der Waals surface area contributed by atoms with Crippen LogP contribution in [0.4, 0.5) is 0 Å². The Morgan fingerprint density at radius 2 is 1.82 bits per heavy atom. The van der Waals surface area contributed by atoms with Crippen molar-refractivity contribution in [3.63, 3.8) is 0 Å². The van der Waals surface area contributed by atoms with Crippen molar-refractivity contribution >= 4 is 22.9 Å². The van der Waals surface area contributed by atoms with E-state index in [-0.39, 0.29) is 6.42 Å². The number of ether oxygens (including phenoxy) is 4. The molecule has 4 atom stereocenters. The second-order valence-electron chi connectivity index (χ2n) is 6.75. The zero-order chi connectivity index (χ0) is 20.4. The number of rotatable bonds is 4. The van der Waals surface area contributed by atoms with Crippen molar-refractivity contribution in [2.45, 2.75) is 58.7 Å². The summed E-state index contributed by atoms with van der Waals surface area (Å²) in [5.74, 6) is -0.541. The van der Waals surface area contributed by atoms with Gasteiger partial charge >= 0.3 is 17.6 Å². The van der Waals surface area contributed by atoms with Gasteiger partial charge in [-0.25, -0.2) is 4.79 Å². The maximum absolute atomic E-state index is 11.6. The predicted octanol–water partition coefficient (Wildman–Crippen LogP) is 2.48. The van der Waals surface area contributed by atoms with Crippen LogP contribution in [0.25, 0.3) is 11.0 Å². The lowest BCUT2D eigenvalue weighted by atomic mass is 10.0. The zero-order valence-electron chi connectivity index (χ0n) is 16.1. The van der Waals surface area contributed by atoms with Gasteiger partial charge in [-0.05, 0) is 31.5 Å². The smallest absolute Gasteiger partial charge is 0.336 e. The van der Waals surface area contributed by atoms with Crippen molar-refractivity contribution in [2.75, 3.05) is 0 Å². The molecule has 0 aliphatic carbocycles. The molecular weight excluding hydrogens is 368 g/mol. The third-order valence-corrected chi connectivity index (χ3v) is 4.43. The van der Waals surface area contributed by atoms with Gasteiger partial charge in [0.2, 0.25) is 6.29 Å². The van der Waals surface area contributed by atoms with E-state index >= 15 is 0 Å². The van der Waals surface area contributed by atoms with Gasteiger partial charge in [0.15, 0.2) is 6.10 Å². The molecule has 0 bridgehead atoms. The number of esters is 2. The van der Waals surface area contributed by atoms with Gasteiger partial charge in [0.25, 0.3) is 0 Å². The van der Waals surface area contributed by atoms with E-state index in [1.54, 1.807) is 25.1 Å². The topological polar surface area (TPSA) is 101 Å². The summed E-state index contributed by atoms with van der Waals surface area (Å²) in [4.78, 5) is 34.4. The monoisotopic (exact) mass is 390 g/mol. The maximum Gasteiger partial charge on any atom is 0.336 e. The van der Waals surface area contributed by atoms with Gasteiger partial charge in [-0.15, -0.1) is 0 Å². The number of hydrogen-bond acceptors (Lipinski definition) is 8. The van der Waals surface area contributed by atoms with E-state index in [0.717, 1.165) is 10.9 Å². The Morgan fingerprint density at radius 1 is 1.11 bits per heavy atom. The number of benzene rings is 1. The van der Waals surface area contributed by atoms with E-state index in [4.69, 9.17) is 23.4 Å². The van der Waals surface area contributed by atoms with E-state index in [1.165, 1.54) is 19.9 Å². The Labute approximate surface area is 161 Å². The van der Waals surface area contributed by atoms with Crippen LogP contribution in [-0.4, -0.2) is 36.5 Å². The van der Waals surface area contributed by atoms with E-state index in [1.807, 2.05) is 6.92 Å². The Hall–Kier alpha value is -2.87. The standard InChI is InChI=1S/C20H22O8/c1-10-7-18(23)28-16-8-14(5-6-15(10)16)27-19-9-17(25-12(3)21)20(11(2)24-19)26-13(4)22/h5-8,11,17,19-20H,9H2,1-4H3/t11-,17-,19-,20+/m0/s1. The molecule has 1 aromatic heterocycles. The molecule has 3 rings (SSSR count). The summed E-state index contributed by atoms with van der Waals surface area (Å²) in [7, 11) is 0. The largest absolute Gasteiger partial charge is 0.465 e. The molecule has 0 unspecified atom stereocenters. The van der Waals surface area contributed by atoms with Crippen LogP contribution in [0.2, 0.25) is 0 Å². The van der Waals surface area contributed by atoms with E-state index in [0.29, 0.717) is 11.3 Å². The molecule has 28 heavy (non-hydrogen) atoms. The maximum atomic E-state index is 11.6. The van der Waals surface area contributed by atoms with Crippen LogP contribution in [0, 0.1) is 6.92 Å². The van der Waals surface area contributed by atoms with Crippen molar-refractivity contribution in [1.82, 2.24) is 0 Å². The highest BCUT2D eigenvalue weighted by Crippen LogP contribution is 2.29. The zero-order valence-corrected chi connectivity index (χ0v) is 16.1. The fourth-order valence-corrected chi connectivity index (χ4v) is 3.30. The molecule has 8 heteroatoms. The van der Waals surface area contributed by atoms with E-state index < -0.39 is 42.2 Å². The number of aryl methyl sites for hydroxylation is 1. The molecule has 0 N–H and O–H groups in total. The third kappa shape index (κ3) is 4.51. The van der Waals surface area contributed by atoms with Gasteiger partial charge in [-0.2, -0.15) is 0 Å². The fraction of sp³-hybridized carbons (Fsp3) is 0.450. The Balaban J connectivity index is 1.80. The minimum atomic E-state index is -0.736. The normalized spacial score (nSPS) is 24.6. The van der Waals surface area contributed by atoms with Gasteiger partial charge in [-0.1, -0.05) is 0 Å². The van der Waals surface area contributed by atoms with E-state index in [9.17, 15) is 14.4 Å². The quantitative estimate of drug-likeness (QED) is 0.580. The van der Waals surface area contributed by atoms with Gasteiger partial charge in [0.1, 0.15) is 17.4 Å². The minimum Gasteiger partial charge on any atom is -0.465 e. The van der Waals surface area contributed by atoms with Crippen LogP contribution in [0.5, 0.6) is 5.75 Å². The number of fused-ring (bicyclic) bond motifs is 1. The first-order chi connectivity index (χ1) is 13.2. The first kappa shape index (κ1) is 19.9. The average molecular weight is 390 g/mol. The van der Waals surface area contributed by atoms with Gasteiger partial charge in [0.05, 0.1) is 12.5 Å². The van der Waals surface area contributed by atoms with Crippen LogP contribution in [0.1, 0.15) is 32.8 Å². The molecule has 150 valence electrons. The summed E-state index contributed by atoms with van der Waals surface area (Å²) in [5.41, 5.74) is 0.768. The molecule has 1 fully saturated rings. The molecule has 8 nitrogen and oxygen atoms in total. The minimum absolute atomic E-state index is 0.178. The van der Waals surface area contributed by atoms with Crippen LogP contribution >= 0.6 is 0 Å². The summed E-state index contributed by atoms with van der Waals surface area (Å²) in [6, 6.07) is 6.56. The van der Waals surface area contributed by atoms with Gasteiger partial charge < -0.3 is 23.4 Å². The fourth-order valence-electron chi connectivity index (χ4n) is 3.30. The average Bonchev–Trinajstić information content (AvgIpc) is 2.56. The van der Waals surface area contributed by atoms with Gasteiger partial charge in [-0.3, -0.25) is 9.59 Å². The SMILES string of the molecule is CC(=O)O[C@@H]1[C@H](C)O[C@@H](Oc2ccc3c(C)cc(=O)oc3c2)C[C@@H]1OC(C)=O. The Morgan fingerprint density at radius 3 is 2.50 bits per heavy atom. The highest BCUT2D eigenvalue weighted by atomic mass is 16.7. The van der Waals surface area contributed by atoms with Crippen LogP contribution in [0.15, 0.2) is 33.5 Å². The lowest BCUT2D eigenvalue weighted by molar-refractivity contribution is -0.233. The van der Waals surface area contributed by atoms with Crippen molar-refractivity contribution in [1.29, 1.82) is 0 Å². The number of carbonyl (C=O) groups excluding carboxylic acids is 2. The van der Waals surface area contributed by atoms with Crippen molar-refractivity contribution in [2.24, 2.45) is 0 Å². The second kappa shape index (κ2) is 8.02. The first-order valence-corrected chi connectivity index (χ1v) is 8.94. The van der Waals surface area contributed by atoms with E-state index in [2.05, 4.69) is 0 Å². The molecule has 1 aromatic carbocycles. The molecule has 2 aromatic rings. The summed E-state index contributed by atoms with van der Waals surface area (Å²) in [6.07, 6.45) is -2.53. The number of hydrogen-bond donors (Lipinski definition) is 0. The molecule has 1 aliphatic heterocycles. The summed E-state index contributed by atoms with van der Waals surface area (Å²) >= 11 is 0. The lowest BCUT2D eigenvalue weighted by Gasteiger charge is -2.38. The van der Waals surface area contributed by atoms with Crippen molar-refractivity contribution in [3.8, 4) is 5.75 Å². The van der Waals surface area contributed by atoms with Crippen LogP contribution in [-0.2, 0) is 23.8 Å². The molecule has 0 amide bonds. The summed E-state index contributed by atoms with van der Waals surface area (Å²) in [6.45, 7) is 6.10. The molecular formula is C20H22O8. The molecule has 2 heterocycles. The molecule has 1 aliphatic rings. The molecule has 0 saturated carbocycles. The summed E-state index contributed by atoms with van der Waals surface area (Å²) < 4.78 is 27.4. The van der Waals surface area contributed by atoms with Crippen molar-refractivity contribution in [3.05, 3.63) is 40.2 Å². The predicted molar refractivity (Wildman–Crippen MR) is 97.9 cm³/mol. The Kier molecular flexibility index (Phi) is 5.69. The first-order valence-electron chi connectivity index (χ1n) is 8.94. The molecule has 1 saturated heterocycles. The van der Waals surface area contributed by atoms with Gasteiger partial charge in [0, 0.05) is 31.4 Å². The lowest BCUT2D eigenvalue weighted by Crippen LogP contribution is -2.52. The third-order valence-electron chi connectivity index (χ3n) is 4.43. The molecule has 0 spiro atoms. The highest BCUT2D eigenvalue weighted by molar-refractivity contribution is 5.81. The summed E-state index contributed by atoms with van der Waals surface area (Å²) in [5, 5.41) is 0.803. The van der Waals surface area contributed by atoms with Crippen molar-refractivity contribution < 1.29 is 33.0 Å². The van der Waals surface area contributed by atoms with Crippen LogP contribution < -0.4 is 10.4 Å². The Bertz CT molecular complexity index is 947. The van der Waals surface area contributed by atoms with Crippen LogP contribution in [0.3, 0.4) is 0 Å².